The molecule has 8 nitrogen and oxygen atoms in total. The Hall–Kier alpha value is -3.55. The number of hydrogen-bond donors (Lipinski definition) is 3. The van der Waals surface area contributed by atoms with Crippen LogP contribution in [0.4, 0.5) is 5.82 Å². The summed E-state index contributed by atoms with van der Waals surface area (Å²) in [6.07, 6.45) is 12.9. The van der Waals surface area contributed by atoms with E-state index in [-0.39, 0.29) is 18.2 Å². The fourth-order valence-electron chi connectivity index (χ4n) is 6.10. The quantitative estimate of drug-likeness (QED) is 0.325. The molecule has 5 rings (SSSR count). The van der Waals surface area contributed by atoms with Crippen molar-refractivity contribution in [2.24, 2.45) is 5.92 Å². The first-order valence-electron chi connectivity index (χ1n) is 14.0. The van der Waals surface area contributed by atoms with Crippen molar-refractivity contribution in [2.75, 3.05) is 12.4 Å². The van der Waals surface area contributed by atoms with Crippen LogP contribution in [0.25, 0.3) is 16.9 Å². The van der Waals surface area contributed by atoms with Crippen molar-refractivity contribution < 1.29 is 19.4 Å². The number of carbonyl (C=O) groups is 2. The molecule has 0 spiro atoms. The number of carboxylic acid groups (broad SMARTS) is 1. The highest BCUT2D eigenvalue weighted by molar-refractivity contribution is 6.01. The average Bonchev–Trinajstić information content (AvgIpc) is 3.32. The van der Waals surface area contributed by atoms with Gasteiger partial charge in [0, 0.05) is 23.8 Å². The molecular formula is C30H38N4O4. The molecule has 1 atom stereocenters. The first-order chi connectivity index (χ1) is 18.5. The zero-order valence-electron chi connectivity index (χ0n) is 22.1. The number of aliphatic carboxylic acids is 1. The molecule has 1 aromatic carbocycles. The van der Waals surface area contributed by atoms with Crippen LogP contribution in [0.15, 0.2) is 42.6 Å². The smallest absolute Gasteiger partial charge is 0.305 e. The Kier molecular flexibility index (Phi) is 8.15. The molecular weight excluding hydrogens is 480 g/mol. The number of aromatic nitrogens is 2. The van der Waals surface area contributed by atoms with Gasteiger partial charge in [-0.05, 0) is 55.9 Å². The second kappa shape index (κ2) is 11.9. The summed E-state index contributed by atoms with van der Waals surface area (Å²) in [6, 6.07) is 11.4. The molecule has 202 valence electrons. The third kappa shape index (κ3) is 5.79. The predicted octanol–water partition coefficient (Wildman–Crippen LogP) is 5.91. The number of imidazole rings is 1. The number of benzene rings is 1. The minimum atomic E-state index is -0.890. The standard InChI is InChI=1S/C30H38N4O4/c1-38-23-15-8-12-21(18-23)27-29(31-22-13-6-3-7-14-22)34-17-9-16-24(28(34)33-27)30(37)32-25(19-26(35)36)20-10-4-2-5-11-20/h8-9,12,15-18,20,22,25,31H,2-7,10-11,13-14,19H2,1H3,(H,32,37)(H,35,36). The number of amides is 1. The highest BCUT2D eigenvalue weighted by atomic mass is 16.5. The summed E-state index contributed by atoms with van der Waals surface area (Å²) in [5.74, 6) is 0.617. The molecule has 0 aliphatic heterocycles. The largest absolute Gasteiger partial charge is 0.497 e. The van der Waals surface area contributed by atoms with E-state index in [2.05, 4.69) is 10.6 Å². The van der Waals surface area contributed by atoms with Gasteiger partial charge < -0.3 is 20.5 Å². The summed E-state index contributed by atoms with van der Waals surface area (Å²) < 4.78 is 7.43. The number of anilines is 1. The van der Waals surface area contributed by atoms with Crippen molar-refractivity contribution in [1.82, 2.24) is 14.7 Å². The Morgan fingerprint density at radius 2 is 1.79 bits per heavy atom. The first-order valence-corrected chi connectivity index (χ1v) is 14.0. The zero-order chi connectivity index (χ0) is 26.5. The predicted molar refractivity (Wildman–Crippen MR) is 148 cm³/mol. The summed E-state index contributed by atoms with van der Waals surface area (Å²) >= 11 is 0. The van der Waals surface area contributed by atoms with E-state index in [4.69, 9.17) is 9.72 Å². The lowest BCUT2D eigenvalue weighted by atomic mass is 9.82. The SMILES string of the molecule is COc1cccc(-c2nc3c(C(=O)NC(CC(=O)O)C4CCCCC4)cccn3c2NC2CCCCC2)c1. The van der Waals surface area contributed by atoms with Crippen LogP contribution < -0.4 is 15.4 Å². The maximum atomic E-state index is 13.6. The van der Waals surface area contributed by atoms with E-state index in [1.165, 1.54) is 25.7 Å². The van der Waals surface area contributed by atoms with Gasteiger partial charge in [-0.2, -0.15) is 0 Å². The molecule has 38 heavy (non-hydrogen) atoms. The number of ether oxygens (including phenoxy) is 1. The van der Waals surface area contributed by atoms with Gasteiger partial charge in [-0.1, -0.05) is 50.7 Å². The Morgan fingerprint density at radius 3 is 2.50 bits per heavy atom. The van der Waals surface area contributed by atoms with E-state index in [1.54, 1.807) is 13.2 Å². The maximum Gasteiger partial charge on any atom is 0.305 e. The fourth-order valence-corrected chi connectivity index (χ4v) is 6.10. The van der Waals surface area contributed by atoms with E-state index in [9.17, 15) is 14.7 Å². The van der Waals surface area contributed by atoms with Crippen LogP contribution in [0.2, 0.25) is 0 Å². The van der Waals surface area contributed by atoms with Crippen LogP contribution >= 0.6 is 0 Å². The highest BCUT2D eigenvalue weighted by Crippen LogP contribution is 2.34. The van der Waals surface area contributed by atoms with Gasteiger partial charge in [-0.15, -0.1) is 0 Å². The third-order valence-electron chi connectivity index (χ3n) is 8.11. The number of fused-ring (bicyclic) bond motifs is 1. The van der Waals surface area contributed by atoms with E-state index in [1.807, 2.05) is 40.9 Å². The fraction of sp³-hybridized carbons (Fsp3) is 0.500. The molecule has 0 radical (unpaired) electrons. The van der Waals surface area contributed by atoms with E-state index < -0.39 is 12.0 Å². The maximum absolute atomic E-state index is 13.6. The van der Waals surface area contributed by atoms with Crippen molar-refractivity contribution in [2.45, 2.75) is 82.7 Å². The van der Waals surface area contributed by atoms with Gasteiger partial charge in [0.1, 0.15) is 17.3 Å². The van der Waals surface area contributed by atoms with Gasteiger partial charge in [0.2, 0.25) is 0 Å². The Balaban J connectivity index is 1.52. The van der Waals surface area contributed by atoms with Crippen molar-refractivity contribution in [1.29, 1.82) is 0 Å². The van der Waals surface area contributed by atoms with Gasteiger partial charge in [0.05, 0.1) is 19.1 Å². The highest BCUT2D eigenvalue weighted by Gasteiger charge is 2.29. The summed E-state index contributed by atoms with van der Waals surface area (Å²) in [6.45, 7) is 0. The number of nitrogens with zero attached hydrogens (tertiary/aromatic N) is 2. The monoisotopic (exact) mass is 518 g/mol. The molecule has 1 amide bonds. The van der Waals surface area contributed by atoms with Crippen LogP contribution in [-0.2, 0) is 4.79 Å². The molecule has 3 aromatic rings. The average molecular weight is 519 g/mol. The molecule has 2 fully saturated rings. The van der Waals surface area contributed by atoms with Crippen molar-refractivity contribution in [3.63, 3.8) is 0 Å². The zero-order valence-corrected chi connectivity index (χ0v) is 22.1. The minimum absolute atomic E-state index is 0.0719. The molecule has 0 bridgehead atoms. The second-order valence-electron chi connectivity index (χ2n) is 10.7. The molecule has 0 saturated heterocycles. The molecule has 2 aliphatic carbocycles. The Bertz CT molecular complexity index is 1270. The number of rotatable bonds is 9. The number of carbonyl (C=O) groups excluding carboxylic acids is 1. The van der Waals surface area contributed by atoms with E-state index in [0.29, 0.717) is 17.3 Å². The minimum Gasteiger partial charge on any atom is -0.497 e. The van der Waals surface area contributed by atoms with Crippen LogP contribution in [0.5, 0.6) is 5.75 Å². The number of methoxy groups -OCH3 is 1. The number of pyridine rings is 1. The molecule has 8 heteroatoms. The summed E-state index contributed by atoms with van der Waals surface area (Å²) in [5.41, 5.74) is 2.67. The Labute approximate surface area is 223 Å². The topological polar surface area (TPSA) is 105 Å². The van der Waals surface area contributed by atoms with Crippen molar-refractivity contribution in [3.8, 4) is 17.0 Å². The summed E-state index contributed by atoms with van der Waals surface area (Å²) in [5, 5.41) is 16.4. The third-order valence-corrected chi connectivity index (χ3v) is 8.11. The lowest BCUT2D eigenvalue weighted by molar-refractivity contribution is -0.137. The van der Waals surface area contributed by atoms with E-state index >= 15 is 0 Å². The molecule has 3 N–H and O–H groups in total. The van der Waals surface area contributed by atoms with Crippen LogP contribution in [0, 0.1) is 5.92 Å². The van der Waals surface area contributed by atoms with Crippen molar-refractivity contribution in [3.05, 3.63) is 48.2 Å². The molecule has 2 aromatic heterocycles. The number of carboxylic acids is 1. The Morgan fingerprint density at radius 1 is 1.05 bits per heavy atom. The van der Waals surface area contributed by atoms with E-state index in [0.717, 1.165) is 61.3 Å². The number of hydrogen-bond acceptors (Lipinski definition) is 5. The van der Waals surface area contributed by atoms with Gasteiger partial charge in [-0.25, -0.2) is 4.98 Å². The number of nitrogens with one attached hydrogen (secondary N) is 2. The van der Waals surface area contributed by atoms with Crippen molar-refractivity contribution >= 4 is 23.3 Å². The van der Waals surface area contributed by atoms with Gasteiger partial charge in [0.25, 0.3) is 5.91 Å². The van der Waals surface area contributed by atoms with Gasteiger partial charge in [-0.3, -0.25) is 14.0 Å². The molecule has 2 aliphatic rings. The van der Waals surface area contributed by atoms with Gasteiger partial charge >= 0.3 is 5.97 Å². The van der Waals surface area contributed by atoms with Crippen LogP contribution in [-0.4, -0.2) is 45.6 Å². The normalized spacial score (nSPS) is 17.7. The second-order valence-corrected chi connectivity index (χ2v) is 10.7. The molecule has 1 unspecified atom stereocenters. The first kappa shape index (κ1) is 26.1. The van der Waals surface area contributed by atoms with Crippen LogP contribution in [0.1, 0.15) is 81.0 Å². The lowest BCUT2D eigenvalue weighted by Crippen LogP contribution is -2.42. The van der Waals surface area contributed by atoms with Gasteiger partial charge in [0.15, 0.2) is 5.65 Å². The van der Waals surface area contributed by atoms with Crippen LogP contribution in [0.3, 0.4) is 0 Å². The molecule has 2 saturated carbocycles. The summed E-state index contributed by atoms with van der Waals surface area (Å²) in [4.78, 5) is 30.3. The lowest BCUT2D eigenvalue weighted by Gasteiger charge is -2.30. The summed E-state index contributed by atoms with van der Waals surface area (Å²) in [7, 11) is 1.65. The molecule has 2 heterocycles.